The van der Waals surface area contributed by atoms with Gasteiger partial charge in [-0.1, -0.05) is 13.3 Å². The van der Waals surface area contributed by atoms with Crippen LogP contribution in [0.5, 0.6) is 0 Å². The van der Waals surface area contributed by atoms with Crippen molar-refractivity contribution in [1.29, 1.82) is 0 Å². The summed E-state index contributed by atoms with van der Waals surface area (Å²) in [5, 5.41) is 0. The summed E-state index contributed by atoms with van der Waals surface area (Å²) in [5.41, 5.74) is 7.27. The minimum Gasteiger partial charge on any atom is -0.330 e. The summed E-state index contributed by atoms with van der Waals surface area (Å²) in [4.78, 5) is 6.71. The molecule has 1 aromatic rings. The highest BCUT2D eigenvalue weighted by Crippen LogP contribution is 2.34. The lowest BCUT2D eigenvalue weighted by Gasteiger charge is -2.36. The molecule has 3 unspecified atom stereocenters. The fraction of sp³-hybridized carbons (Fsp3) is 0.667. The standard InChI is InChI=1S/C15H25N3/c1-3-18(15-6-4-5-14(15)11-16)12(2)13-7-9-17-10-8-13/h7-10,12,14-15H,3-6,11,16H2,1-2H3. The van der Waals surface area contributed by atoms with Crippen molar-refractivity contribution in [2.24, 2.45) is 11.7 Å². The maximum Gasteiger partial charge on any atom is 0.0323 e. The summed E-state index contributed by atoms with van der Waals surface area (Å²) >= 11 is 0. The van der Waals surface area contributed by atoms with Crippen molar-refractivity contribution < 1.29 is 0 Å². The van der Waals surface area contributed by atoms with Gasteiger partial charge in [0.05, 0.1) is 0 Å². The van der Waals surface area contributed by atoms with Crippen LogP contribution in [-0.4, -0.2) is 29.0 Å². The molecule has 1 aromatic heterocycles. The maximum absolute atomic E-state index is 5.92. The monoisotopic (exact) mass is 247 g/mol. The lowest BCUT2D eigenvalue weighted by atomic mass is 9.98. The van der Waals surface area contributed by atoms with Crippen LogP contribution in [0.4, 0.5) is 0 Å². The van der Waals surface area contributed by atoms with Crippen LogP contribution in [0.1, 0.15) is 44.7 Å². The summed E-state index contributed by atoms with van der Waals surface area (Å²) in [5.74, 6) is 0.675. The number of rotatable bonds is 5. The first kappa shape index (κ1) is 13.5. The van der Waals surface area contributed by atoms with Gasteiger partial charge in [-0.15, -0.1) is 0 Å². The lowest BCUT2D eigenvalue weighted by Crippen LogP contribution is -2.41. The van der Waals surface area contributed by atoms with Gasteiger partial charge in [0.2, 0.25) is 0 Å². The zero-order valence-electron chi connectivity index (χ0n) is 11.5. The third kappa shape index (κ3) is 2.73. The molecule has 1 fully saturated rings. The molecule has 0 saturated heterocycles. The quantitative estimate of drug-likeness (QED) is 0.869. The van der Waals surface area contributed by atoms with Crippen LogP contribution in [0, 0.1) is 5.92 Å². The first-order valence-corrected chi connectivity index (χ1v) is 7.13. The SMILES string of the molecule is CCN(C(C)c1ccncc1)C1CCCC1CN. The topological polar surface area (TPSA) is 42.2 Å². The highest BCUT2D eigenvalue weighted by Gasteiger charge is 2.32. The lowest BCUT2D eigenvalue weighted by molar-refractivity contribution is 0.123. The van der Waals surface area contributed by atoms with Crippen LogP contribution in [0.3, 0.4) is 0 Å². The van der Waals surface area contributed by atoms with E-state index in [-0.39, 0.29) is 0 Å². The molecule has 18 heavy (non-hydrogen) atoms. The van der Waals surface area contributed by atoms with Crippen molar-refractivity contribution in [2.45, 2.75) is 45.2 Å². The Morgan fingerprint density at radius 2 is 2.11 bits per heavy atom. The van der Waals surface area contributed by atoms with Crippen LogP contribution in [0.25, 0.3) is 0 Å². The van der Waals surface area contributed by atoms with Gasteiger partial charge >= 0.3 is 0 Å². The Bertz CT molecular complexity index is 352. The molecule has 2 N–H and O–H groups in total. The van der Waals surface area contributed by atoms with Gasteiger partial charge < -0.3 is 5.73 Å². The summed E-state index contributed by atoms with van der Waals surface area (Å²) in [6.45, 7) is 6.46. The highest BCUT2D eigenvalue weighted by atomic mass is 15.2. The molecule has 0 aliphatic heterocycles. The summed E-state index contributed by atoms with van der Waals surface area (Å²) in [7, 11) is 0. The average molecular weight is 247 g/mol. The molecule has 1 aliphatic carbocycles. The molecule has 0 radical (unpaired) electrons. The molecule has 1 saturated carbocycles. The van der Waals surface area contributed by atoms with Gasteiger partial charge in [-0.2, -0.15) is 0 Å². The summed E-state index contributed by atoms with van der Waals surface area (Å²) in [6.07, 6.45) is 7.68. The smallest absolute Gasteiger partial charge is 0.0323 e. The minimum absolute atomic E-state index is 0.454. The van der Waals surface area contributed by atoms with E-state index in [1.54, 1.807) is 0 Å². The summed E-state index contributed by atoms with van der Waals surface area (Å²) < 4.78 is 0. The van der Waals surface area contributed by atoms with E-state index in [0.29, 0.717) is 18.0 Å². The molecule has 3 nitrogen and oxygen atoms in total. The molecule has 1 aliphatic rings. The third-order valence-electron chi connectivity index (χ3n) is 4.40. The Morgan fingerprint density at radius 1 is 1.39 bits per heavy atom. The van der Waals surface area contributed by atoms with Gasteiger partial charge in [0.15, 0.2) is 0 Å². The Balaban J connectivity index is 2.13. The van der Waals surface area contributed by atoms with Crippen molar-refractivity contribution in [3.8, 4) is 0 Å². The molecule has 2 rings (SSSR count). The van der Waals surface area contributed by atoms with E-state index in [2.05, 4.69) is 35.9 Å². The van der Waals surface area contributed by atoms with Crippen molar-refractivity contribution in [3.05, 3.63) is 30.1 Å². The van der Waals surface area contributed by atoms with Crippen molar-refractivity contribution in [1.82, 2.24) is 9.88 Å². The Hall–Kier alpha value is -0.930. The van der Waals surface area contributed by atoms with Crippen LogP contribution < -0.4 is 5.73 Å². The van der Waals surface area contributed by atoms with E-state index in [9.17, 15) is 0 Å². The molecule has 0 spiro atoms. The van der Waals surface area contributed by atoms with Gasteiger partial charge in [0.1, 0.15) is 0 Å². The van der Waals surface area contributed by atoms with Crippen LogP contribution >= 0.6 is 0 Å². The number of aromatic nitrogens is 1. The number of nitrogens with two attached hydrogens (primary N) is 1. The number of pyridine rings is 1. The molecule has 3 atom stereocenters. The zero-order valence-corrected chi connectivity index (χ0v) is 11.5. The Labute approximate surface area is 110 Å². The van der Waals surface area contributed by atoms with E-state index in [1.165, 1.54) is 24.8 Å². The van der Waals surface area contributed by atoms with Crippen molar-refractivity contribution in [3.63, 3.8) is 0 Å². The van der Waals surface area contributed by atoms with E-state index in [1.807, 2.05) is 12.4 Å². The van der Waals surface area contributed by atoms with Gasteiger partial charge in [-0.25, -0.2) is 0 Å². The molecule has 0 amide bonds. The highest BCUT2D eigenvalue weighted by molar-refractivity contribution is 5.15. The number of hydrogen-bond donors (Lipinski definition) is 1. The van der Waals surface area contributed by atoms with E-state index < -0.39 is 0 Å². The molecule has 100 valence electrons. The van der Waals surface area contributed by atoms with Gasteiger partial charge in [0, 0.05) is 24.5 Å². The number of hydrogen-bond acceptors (Lipinski definition) is 3. The second kappa shape index (κ2) is 6.30. The fourth-order valence-electron chi connectivity index (χ4n) is 3.36. The average Bonchev–Trinajstić information content (AvgIpc) is 2.89. The molecule has 3 heteroatoms. The predicted octanol–water partition coefficient (Wildman–Crippen LogP) is 2.59. The molecular formula is C15H25N3. The zero-order chi connectivity index (χ0) is 13.0. The van der Waals surface area contributed by atoms with Gasteiger partial charge in [0.25, 0.3) is 0 Å². The summed E-state index contributed by atoms with van der Waals surface area (Å²) in [6, 6.07) is 5.36. The van der Waals surface area contributed by atoms with Gasteiger partial charge in [-0.3, -0.25) is 9.88 Å². The minimum atomic E-state index is 0.454. The Morgan fingerprint density at radius 3 is 2.72 bits per heavy atom. The van der Waals surface area contributed by atoms with Crippen molar-refractivity contribution >= 4 is 0 Å². The predicted molar refractivity (Wildman–Crippen MR) is 75.2 cm³/mol. The number of nitrogens with zero attached hydrogens (tertiary/aromatic N) is 2. The molecule has 0 bridgehead atoms. The third-order valence-corrected chi connectivity index (χ3v) is 4.40. The molecule has 0 aromatic carbocycles. The van der Waals surface area contributed by atoms with Crippen LogP contribution in [0.15, 0.2) is 24.5 Å². The Kier molecular flexibility index (Phi) is 4.72. The van der Waals surface area contributed by atoms with E-state index >= 15 is 0 Å². The maximum atomic E-state index is 5.92. The van der Waals surface area contributed by atoms with E-state index in [0.717, 1.165) is 13.1 Å². The first-order chi connectivity index (χ1) is 8.77. The van der Waals surface area contributed by atoms with Crippen molar-refractivity contribution in [2.75, 3.05) is 13.1 Å². The fourth-order valence-corrected chi connectivity index (χ4v) is 3.36. The van der Waals surface area contributed by atoms with E-state index in [4.69, 9.17) is 5.73 Å². The first-order valence-electron chi connectivity index (χ1n) is 7.13. The van der Waals surface area contributed by atoms with Crippen LogP contribution in [0.2, 0.25) is 0 Å². The van der Waals surface area contributed by atoms with Crippen LogP contribution in [-0.2, 0) is 0 Å². The molecular weight excluding hydrogens is 222 g/mol. The normalized spacial score (nSPS) is 25.6. The second-order valence-electron chi connectivity index (χ2n) is 5.28. The second-order valence-corrected chi connectivity index (χ2v) is 5.28. The largest absolute Gasteiger partial charge is 0.330 e. The molecule has 1 heterocycles. The van der Waals surface area contributed by atoms with Gasteiger partial charge in [-0.05, 0) is 56.5 Å².